The van der Waals surface area contributed by atoms with Crippen molar-refractivity contribution in [2.75, 3.05) is 5.73 Å². The normalized spacial score (nSPS) is 10.8. The number of aromatic nitrogens is 2. The van der Waals surface area contributed by atoms with Crippen LogP contribution in [0.25, 0.3) is 16.6 Å². The molecule has 0 spiro atoms. The van der Waals surface area contributed by atoms with Crippen LogP contribution in [0.15, 0.2) is 55.0 Å². The standard InChI is InChI=1S/C13H11N3/c14-11-3-4-13-10(8-11)5-7-16(13)12-2-1-6-15-9-12/h1-9H,14H2. The molecule has 78 valence electrons. The van der Waals surface area contributed by atoms with Gasteiger partial charge in [0.1, 0.15) is 0 Å². The topological polar surface area (TPSA) is 43.8 Å². The predicted molar refractivity (Wildman–Crippen MR) is 65.5 cm³/mol. The first-order valence-electron chi connectivity index (χ1n) is 5.11. The number of nitrogens with zero attached hydrogens (tertiary/aromatic N) is 2. The molecular formula is C13H11N3. The van der Waals surface area contributed by atoms with Crippen LogP contribution >= 0.6 is 0 Å². The smallest absolute Gasteiger partial charge is 0.0639 e. The first-order valence-corrected chi connectivity index (χ1v) is 5.11. The number of hydrogen-bond acceptors (Lipinski definition) is 2. The number of benzene rings is 1. The summed E-state index contributed by atoms with van der Waals surface area (Å²) < 4.78 is 2.10. The molecule has 16 heavy (non-hydrogen) atoms. The first-order chi connectivity index (χ1) is 7.84. The molecule has 0 radical (unpaired) electrons. The summed E-state index contributed by atoms with van der Waals surface area (Å²) >= 11 is 0. The van der Waals surface area contributed by atoms with Gasteiger partial charge in [-0.25, -0.2) is 0 Å². The molecule has 0 saturated carbocycles. The molecule has 0 unspecified atom stereocenters. The number of nitrogens with two attached hydrogens (primary N) is 1. The van der Waals surface area contributed by atoms with Crippen LogP contribution in [-0.2, 0) is 0 Å². The van der Waals surface area contributed by atoms with Crippen molar-refractivity contribution < 1.29 is 0 Å². The van der Waals surface area contributed by atoms with Crippen molar-refractivity contribution in [3.8, 4) is 5.69 Å². The Bertz CT molecular complexity index is 626. The summed E-state index contributed by atoms with van der Waals surface area (Å²) in [6.07, 6.45) is 5.64. The van der Waals surface area contributed by atoms with Gasteiger partial charge in [0.2, 0.25) is 0 Å². The minimum Gasteiger partial charge on any atom is -0.399 e. The highest BCUT2D eigenvalue weighted by Crippen LogP contribution is 2.21. The summed E-state index contributed by atoms with van der Waals surface area (Å²) in [5.41, 5.74) is 8.74. The average Bonchev–Trinajstić information content (AvgIpc) is 2.73. The number of fused-ring (bicyclic) bond motifs is 1. The molecule has 0 fully saturated rings. The molecule has 3 aromatic rings. The Labute approximate surface area is 93.1 Å². The molecule has 3 heteroatoms. The zero-order chi connectivity index (χ0) is 11.0. The van der Waals surface area contributed by atoms with E-state index in [-0.39, 0.29) is 0 Å². The van der Waals surface area contributed by atoms with E-state index < -0.39 is 0 Å². The van der Waals surface area contributed by atoms with Gasteiger partial charge in [-0.1, -0.05) is 0 Å². The SMILES string of the molecule is Nc1ccc2c(ccn2-c2cccnc2)c1. The molecule has 0 atom stereocenters. The summed E-state index contributed by atoms with van der Waals surface area (Å²) in [5.74, 6) is 0. The molecule has 1 aromatic carbocycles. The van der Waals surface area contributed by atoms with Crippen molar-refractivity contribution in [2.45, 2.75) is 0 Å². The first kappa shape index (κ1) is 8.97. The maximum Gasteiger partial charge on any atom is 0.0639 e. The van der Waals surface area contributed by atoms with Crippen LogP contribution in [0, 0.1) is 0 Å². The molecule has 3 rings (SSSR count). The van der Waals surface area contributed by atoms with Crippen molar-refractivity contribution in [3.63, 3.8) is 0 Å². The van der Waals surface area contributed by atoms with Gasteiger partial charge in [-0.05, 0) is 36.4 Å². The molecule has 0 aliphatic rings. The summed E-state index contributed by atoms with van der Waals surface area (Å²) in [4.78, 5) is 4.12. The second-order valence-electron chi connectivity index (χ2n) is 3.72. The van der Waals surface area contributed by atoms with Gasteiger partial charge in [0.05, 0.1) is 17.4 Å². The lowest BCUT2D eigenvalue weighted by Crippen LogP contribution is -1.92. The summed E-state index contributed by atoms with van der Waals surface area (Å²) in [7, 11) is 0. The largest absolute Gasteiger partial charge is 0.399 e. The summed E-state index contributed by atoms with van der Waals surface area (Å²) in [5, 5.41) is 1.14. The van der Waals surface area contributed by atoms with Gasteiger partial charge >= 0.3 is 0 Å². The van der Waals surface area contributed by atoms with Gasteiger partial charge in [0.15, 0.2) is 0 Å². The third-order valence-electron chi connectivity index (χ3n) is 2.64. The quantitative estimate of drug-likeness (QED) is 0.626. The van der Waals surface area contributed by atoms with Crippen LogP contribution < -0.4 is 5.73 Å². The van der Waals surface area contributed by atoms with Crippen molar-refractivity contribution in [1.29, 1.82) is 0 Å². The lowest BCUT2D eigenvalue weighted by molar-refractivity contribution is 1.10. The maximum absolute atomic E-state index is 5.75. The molecule has 2 heterocycles. The fourth-order valence-electron chi connectivity index (χ4n) is 1.88. The molecule has 3 nitrogen and oxygen atoms in total. The van der Waals surface area contributed by atoms with E-state index in [1.165, 1.54) is 0 Å². The number of hydrogen-bond donors (Lipinski definition) is 1. The van der Waals surface area contributed by atoms with E-state index in [1.54, 1.807) is 6.20 Å². The van der Waals surface area contributed by atoms with E-state index in [2.05, 4.69) is 15.6 Å². The lowest BCUT2D eigenvalue weighted by Gasteiger charge is -2.04. The maximum atomic E-state index is 5.75. The van der Waals surface area contributed by atoms with Crippen LogP contribution in [0.4, 0.5) is 5.69 Å². The van der Waals surface area contributed by atoms with Crippen LogP contribution in [0.3, 0.4) is 0 Å². The van der Waals surface area contributed by atoms with Crippen molar-refractivity contribution >= 4 is 16.6 Å². The molecule has 0 amide bonds. The summed E-state index contributed by atoms with van der Waals surface area (Å²) in [6, 6.07) is 11.9. The Hall–Kier alpha value is -2.29. The van der Waals surface area contributed by atoms with Gasteiger partial charge in [-0.2, -0.15) is 0 Å². The van der Waals surface area contributed by atoms with Gasteiger partial charge in [-0.3, -0.25) is 4.98 Å². The van der Waals surface area contributed by atoms with Crippen LogP contribution in [0.1, 0.15) is 0 Å². The van der Waals surface area contributed by atoms with E-state index in [4.69, 9.17) is 5.73 Å². The molecule has 0 aliphatic heterocycles. The van der Waals surface area contributed by atoms with E-state index in [0.29, 0.717) is 0 Å². The van der Waals surface area contributed by atoms with Crippen LogP contribution in [0.2, 0.25) is 0 Å². The number of pyridine rings is 1. The van der Waals surface area contributed by atoms with E-state index in [9.17, 15) is 0 Å². The average molecular weight is 209 g/mol. The molecule has 0 saturated heterocycles. The monoisotopic (exact) mass is 209 g/mol. The van der Waals surface area contributed by atoms with Crippen molar-refractivity contribution in [2.24, 2.45) is 0 Å². The minimum atomic E-state index is 0.788. The lowest BCUT2D eigenvalue weighted by atomic mass is 10.2. The van der Waals surface area contributed by atoms with E-state index in [0.717, 1.165) is 22.3 Å². The third-order valence-corrected chi connectivity index (χ3v) is 2.64. The Morgan fingerprint density at radius 1 is 1.12 bits per heavy atom. The van der Waals surface area contributed by atoms with Crippen molar-refractivity contribution in [3.05, 3.63) is 55.0 Å². The Morgan fingerprint density at radius 2 is 2.06 bits per heavy atom. The molecule has 2 aromatic heterocycles. The zero-order valence-corrected chi connectivity index (χ0v) is 8.67. The van der Waals surface area contributed by atoms with Gasteiger partial charge in [0.25, 0.3) is 0 Å². The predicted octanol–water partition coefficient (Wildman–Crippen LogP) is 2.61. The highest BCUT2D eigenvalue weighted by atomic mass is 15.0. The Kier molecular flexibility index (Phi) is 1.90. The van der Waals surface area contributed by atoms with E-state index >= 15 is 0 Å². The fraction of sp³-hybridized carbons (Fsp3) is 0. The van der Waals surface area contributed by atoms with E-state index in [1.807, 2.05) is 42.7 Å². The number of anilines is 1. The highest BCUT2D eigenvalue weighted by molar-refractivity contribution is 5.84. The molecule has 0 bridgehead atoms. The van der Waals surface area contributed by atoms with Crippen molar-refractivity contribution in [1.82, 2.24) is 9.55 Å². The number of rotatable bonds is 1. The molecular weight excluding hydrogens is 198 g/mol. The Morgan fingerprint density at radius 3 is 2.88 bits per heavy atom. The highest BCUT2D eigenvalue weighted by Gasteiger charge is 2.02. The summed E-state index contributed by atoms with van der Waals surface area (Å²) in [6.45, 7) is 0. The second kappa shape index (κ2) is 3.38. The third kappa shape index (κ3) is 1.34. The fourth-order valence-corrected chi connectivity index (χ4v) is 1.88. The van der Waals surface area contributed by atoms with Crippen LogP contribution in [0.5, 0.6) is 0 Å². The second-order valence-corrected chi connectivity index (χ2v) is 3.72. The molecule has 2 N–H and O–H groups in total. The zero-order valence-electron chi connectivity index (χ0n) is 8.67. The Balaban J connectivity index is 2.26. The minimum absolute atomic E-state index is 0.788. The van der Waals surface area contributed by atoms with Gasteiger partial charge < -0.3 is 10.3 Å². The van der Waals surface area contributed by atoms with Crippen LogP contribution in [-0.4, -0.2) is 9.55 Å². The van der Waals surface area contributed by atoms with Gasteiger partial charge in [-0.15, -0.1) is 0 Å². The number of nitrogen functional groups attached to an aromatic ring is 1. The molecule has 0 aliphatic carbocycles. The van der Waals surface area contributed by atoms with Gasteiger partial charge in [0, 0.05) is 23.5 Å².